The third kappa shape index (κ3) is 4.69. The highest BCUT2D eigenvalue weighted by molar-refractivity contribution is 6.11. The number of hydrogen-bond donors (Lipinski definition) is 1. The molecule has 3 heterocycles. The van der Waals surface area contributed by atoms with E-state index >= 15 is 0 Å². The molecule has 2 N–H and O–H groups in total. The fourth-order valence-electron chi connectivity index (χ4n) is 2.85. The van der Waals surface area contributed by atoms with Crippen molar-refractivity contribution in [1.29, 1.82) is 5.26 Å². The molecule has 8 heteroatoms. The Balaban J connectivity index is 2.09. The van der Waals surface area contributed by atoms with E-state index in [9.17, 15) is 14.0 Å². The summed E-state index contributed by atoms with van der Waals surface area (Å²) in [6, 6.07) is 8.76. The van der Waals surface area contributed by atoms with E-state index in [4.69, 9.17) is 5.73 Å². The zero-order chi connectivity index (χ0) is 21.9. The average molecular weight is 408 g/mol. The molecule has 154 valence electrons. The number of nitrogens with zero attached hydrogens (tertiary/aromatic N) is 5. The van der Waals surface area contributed by atoms with Crippen molar-refractivity contribution < 1.29 is 8.78 Å². The summed E-state index contributed by atoms with van der Waals surface area (Å²) in [5.41, 5.74) is 8.61. The van der Waals surface area contributed by atoms with Crippen molar-refractivity contribution in [2.75, 3.05) is 6.54 Å². The SMILES string of the molecule is CC(C)(C)CN=CC(=CN)c1ccc(C#N)nc1-c1ccn2cc(C(F)F)nc2c1. The van der Waals surface area contributed by atoms with Crippen LogP contribution in [0.15, 0.2) is 47.9 Å². The number of nitriles is 1. The second kappa shape index (κ2) is 8.41. The molecule has 0 aliphatic rings. The summed E-state index contributed by atoms with van der Waals surface area (Å²) in [6.07, 6.45) is 3.37. The molecule has 0 radical (unpaired) electrons. The summed E-state index contributed by atoms with van der Waals surface area (Å²) in [5, 5.41) is 9.28. The van der Waals surface area contributed by atoms with Crippen LogP contribution < -0.4 is 5.73 Å². The van der Waals surface area contributed by atoms with Gasteiger partial charge in [0.1, 0.15) is 23.1 Å². The lowest BCUT2D eigenvalue weighted by atomic mass is 9.97. The third-order valence-corrected chi connectivity index (χ3v) is 4.27. The fraction of sp³-hybridized carbons (Fsp3) is 0.273. The number of pyridine rings is 2. The molecule has 0 aliphatic heterocycles. The van der Waals surface area contributed by atoms with Gasteiger partial charge in [-0.25, -0.2) is 18.7 Å². The second-order valence-corrected chi connectivity index (χ2v) is 8.00. The Morgan fingerprint density at radius 2 is 2.07 bits per heavy atom. The molecule has 30 heavy (non-hydrogen) atoms. The van der Waals surface area contributed by atoms with Crippen molar-refractivity contribution in [1.82, 2.24) is 14.4 Å². The molecule has 0 aromatic carbocycles. The lowest BCUT2D eigenvalue weighted by Gasteiger charge is -2.14. The molecular formula is C22H22F2N6. The van der Waals surface area contributed by atoms with Crippen molar-refractivity contribution in [3.63, 3.8) is 0 Å². The number of aliphatic imine (C=N–C) groups is 1. The number of allylic oxidation sites excluding steroid dienone is 1. The van der Waals surface area contributed by atoms with E-state index < -0.39 is 6.43 Å². The normalized spacial score (nSPS) is 12.8. The number of aromatic nitrogens is 3. The Bertz CT molecular complexity index is 1160. The van der Waals surface area contributed by atoms with Gasteiger partial charge in [-0.15, -0.1) is 0 Å². The standard InChI is InChI=1S/C22H22F2N6/c1-22(2,3)13-27-11-15(9-25)17-5-4-16(10-26)28-20(17)14-6-7-30-12-18(21(23)24)29-19(30)8-14/h4-9,11-12,21H,13,25H2,1-3H3. The molecule has 0 saturated heterocycles. The first-order chi connectivity index (χ1) is 14.2. The van der Waals surface area contributed by atoms with Gasteiger partial charge in [-0.2, -0.15) is 5.26 Å². The quantitative estimate of drug-likeness (QED) is 0.624. The Morgan fingerprint density at radius 3 is 2.70 bits per heavy atom. The van der Waals surface area contributed by atoms with Gasteiger partial charge < -0.3 is 10.1 Å². The zero-order valence-corrected chi connectivity index (χ0v) is 17.0. The van der Waals surface area contributed by atoms with Crippen LogP contribution >= 0.6 is 0 Å². The van der Waals surface area contributed by atoms with Gasteiger partial charge in [0.05, 0.1) is 5.69 Å². The van der Waals surface area contributed by atoms with Crippen molar-refractivity contribution in [3.8, 4) is 17.3 Å². The summed E-state index contributed by atoms with van der Waals surface area (Å²) in [4.78, 5) is 12.9. The molecule has 6 nitrogen and oxygen atoms in total. The van der Waals surface area contributed by atoms with Gasteiger partial charge >= 0.3 is 0 Å². The van der Waals surface area contributed by atoms with Crippen LogP contribution in [0.4, 0.5) is 8.78 Å². The lowest BCUT2D eigenvalue weighted by Crippen LogP contribution is -2.09. The van der Waals surface area contributed by atoms with E-state index in [0.29, 0.717) is 34.6 Å². The minimum absolute atomic E-state index is 0.0239. The molecule has 0 unspecified atom stereocenters. The van der Waals surface area contributed by atoms with Crippen molar-refractivity contribution >= 4 is 17.4 Å². The van der Waals surface area contributed by atoms with Crippen LogP contribution in [0.2, 0.25) is 0 Å². The first-order valence-electron chi connectivity index (χ1n) is 9.32. The zero-order valence-electron chi connectivity index (χ0n) is 17.0. The summed E-state index contributed by atoms with van der Waals surface area (Å²) < 4.78 is 27.5. The first-order valence-corrected chi connectivity index (χ1v) is 9.32. The van der Waals surface area contributed by atoms with Gasteiger partial charge in [-0.05, 0) is 29.7 Å². The second-order valence-electron chi connectivity index (χ2n) is 8.00. The maximum Gasteiger partial charge on any atom is 0.281 e. The number of halogens is 2. The van der Waals surface area contributed by atoms with Gasteiger partial charge in [-0.1, -0.05) is 20.8 Å². The molecule has 0 bridgehead atoms. The van der Waals surface area contributed by atoms with E-state index in [0.717, 1.165) is 0 Å². The van der Waals surface area contributed by atoms with Crippen LogP contribution in [0.5, 0.6) is 0 Å². The number of nitrogens with two attached hydrogens (primary N) is 1. The van der Waals surface area contributed by atoms with E-state index in [1.165, 1.54) is 16.8 Å². The van der Waals surface area contributed by atoms with Crippen LogP contribution in [0.1, 0.15) is 44.1 Å². The van der Waals surface area contributed by atoms with Gasteiger partial charge in [0.2, 0.25) is 0 Å². The van der Waals surface area contributed by atoms with Gasteiger partial charge in [0.25, 0.3) is 6.43 Å². The molecule has 0 saturated carbocycles. The molecule has 3 aromatic heterocycles. The maximum atomic E-state index is 13.0. The summed E-state index contributed by atoms with van der Waals surface area (Å²) in [5.74, 6) is 0. The van der Waals surface area contributed by atoms with E-state index in [1.807, 2.05) is 6.07 Å². The van der Waals surface area contributed by atoms with Crippen LogP contribution in [-0.2, 0) is 0 Å². The van der Waals surface area contributed by atoms with Gasteiger partial charge in [0.15, 0.2) is 0 Å². The van der Waals surface area contributed by atoms with Crippen LogP contribution in [0.3, 0.4) is 0 Å². The predicted molar refractivity (Wildman–Crippen MR) is 113 cm³/mol. The topological polar surface area (TPSA) is 92.4 Å². The van der Waals surface area contributed by atoms with E-state index in [-0.39, 0.29) is 16.8 Å². The average Bonchev–Trinajstić information content (AvgIpc) is 3.14. The first kappa shape index (κ1) is 21.1. The minimum Gasteiger partial charge on any atom is -0.404 e. The summed E-state index contributed by atoms with van der Waals surface area (Å²) >= 11 is 0. The summed E-state index contributed by atoms with van der Waals surface area (Å²) in [6.45, 7) is 6.86. The molecule has 0 amide bonds. The Labute approximate surface area is 173 Å². The lowest BCUT2D eigenvalue weighted by molar-refractivity contribution is 0.147. The van der Waals surface area contributed by atoms with Crippen molar-refractivity contribution in [3.05, 3.63) is 59.8 Å². The summed E-state index contributed by atoms with van der Waals surface area (Å²) in [7, 11) is 0. The molecule has 3 rings (SSSR count). The molecular weight excluding hydrogens is 386 g/mol. The van der Waals surface area contributed by atoms with Crippen molar-refractivity contribution in [2.45, 2.75) is 27.2 Å². The van der Waals surface area contributed by atoms with Crippen LogP contribution in [0, 0.1) is 16.7 Å². The number of fused-ring (bicyclic) bond motifs is 1. The highest BCUT2D eigenvalue weighted by atomic mass is 19.3. The van der Waals surface area contributed by atoms with E-state index in [1.54, 1.807) is 36.7 Å². The molecule has 0 spiro atoms. The number of imidazole rings is 1. The van der Waals surface area contributed by atoms with Crippen molar-refractivity contribution in [2.24, 2.45) is 16.1 Å². The van der Waals surface area contributed by atoms with Crippen LogP contribution in [-0.4, -0.2) is 27.1 Å². The Hall–Kier alpha value is -3.60. The Kier molecular flexibility index (Phi) is 5.92. The van der Waals surface area contributed by atoms with Gasteiger partial charge in [-0.3, -0.25) is 4.99 Å². The maximum absolute atomic E-state index is 13.0. The van der Waals surface area contributed by atoms with Gasteiger partial charge in [0, 0.05) is 48.1 Å². The monoisotopic (exact) mass is 408 g/mol. The molecule has 0 aliphatic carbocycles. The van der Waals surface area contributed by atoms with Crippen LogP contribution in [0.25, 0.3) is 22.5 Å². The molecule has 0 atom stereocenters. The Morgan fingerprint density at radius 1 is 1.30 bits per heavy atom. The highest BCUT2D eigenvalue weighted by Gasteiger charge is 2.16. The smallest absolute Gasteiger partial charge is 0.281 e. The number of rotatable bonds is 5. The molecule has 0 fully saturated rings. The largest absolute Gasteiger partial charge is 0.404 e. The number of hydrogen-bond acceptors (Lipinski definition) is 5. The predicted octanol–water partition coefficient (Wildman–Crippen LogP) is 4.62. The van der Waals surface area contributed by atoms with E-state index in [2.05, 4.69) is 35.7 Å². The fourth-order valence-corrected chi connectivity index (χ4v) is 2.85. The third-order valence-electron chi connectivity index (χ3n) is 4.27. The minimum atomic E-state index is -2.66. The highest BCUT2D eigenvalue weighted by Crippen LogP contribution is 2.29. The number of alkyl halides is 2. The molecule has 3 aromatic rings.